The van der Waals surface area contributed by atoms with E-state index in [0.717, 1.165) is 30.6 Å². The smallest absolute Gasteiger partial charge is 0.182 e. The molecule has 0 fully saturated rings. The lowest BCUT2D eigenvalue weighted by Gasteiger charge is -2.24. The fourth-order valence-corrected chi connectivity index (χ4v) is 4.83. The van der Waals surface area contributed by atoms with Crippen LogP contribution in [0.4, 0.5) is 5.69 Å². The van der Waals surface area contributed by atoms with Gasteiger partial charge in [-0.3, -0.25) is 4.79 Å². The van der Waals surface area contributed by atoms with Crippen LogP contribution in [-0.4, -0.2) is 7.05 Å². The molecule has 0 bridgehead atoms. The number of rotatable bonds is 1. The van der Waals surface area contributed by atoms with Crippen molar-refractivity contribution in [1.29, 1.82) is 0 Å². The predicted molar refractivity (Wildman–Crippen MR) is 118 cm³/mol. The van der Waals surface area contributed by atoms with Crippen LogP contribution in [-0.2, 0) is 11.8 Å². The Hall–Kier alpha value is -3.07. The molecule has 0 radical (unpaired) electrons. The highest BCUT2D eigenvalue weighted by molar-refractivity contribution is 5.74. The fraction of sp³-hybridized carbons (Fsp3) is 0.269. The molecule has 146 valence electrons. The van der Waals surface area contributed by atoms with Crippen LogP contribution in [0.2, 0.25) is 0 Å². The number of aryl methyl sites for hydroxylation is 1. The molecule has 2 aliphatic heterocycles. The van der Waals surface area contributed by atoms with Crippen LogP contribution < -0.4 is 10.3 Å². The molecule has 2 heterocycles. The minimum atomic E-state index is -0.0438. The Bertz CT molecular complexity index is 1200. The van der Waals surface area contributed by atoms with Gasteiger partial charge in [-0.15, -0.1) is 0 Å². The van der Waals surface area contributed by atoms with E-state index in [4.69, 9.17) is 4.42 Å². The lowest BCUT2D eigenvalue weighted by atomic mass is 9.83. The van der Waals surface area contributed by atoms with Gasteiger partial charge < -0.3 is 9.32 Å². The summed E-state index contributed by atoms with van der Waals surface area (Å²) in [4.78, 5) is 14.0. The van der Waals surface area contributed by atoms with Gasteiger partial charge >= 0.3 is 0 Å². The van der Waals surface area contributed by atoms with Gasteiger partial charge in [0.15, 0.2) is 5.43 Å². The normalized spacial score (nSPS) is 20.3. The van der Waals surface area contributed by atoms with E-state index in [1.807, 2.05) is 6.07 Å². The van der Waals surface area contributed by atoms with Crippen molar-refractivity contribution in [1.82, 2.24) is 0 Å². The summed E-state index contributed by atoms with van der Waals surface area (Å²) in [5.74, 6) is 1.60. The Morgan fingerprint density at radius 2 is 1.86 bits per heavy atom. The lowest BCUT2D eigenvalue weighted by molar-refractivity contribution is 0.526. The van der Waals surface area contributed by atoms with E-state index in [0.29, 0.717) is 5.76 Å². The highest BCUT2D eigenvalue weighted by atomic mass is 16.3. The third kappa shape index (κ3) is 2.84. The van der Waals surface area contributed by atoms with Crippen molar-refractivity contribution in [3.63, 3.8) is 0 Å². The Morgan fingerprint density at radius 3 is 2.69 bits per heavy atom. The standard InChI is InChI=1S/C26H25NO2/c1-26(2)21-9-4-5-10-22(21)27(3)24(26)14-12-17-7-6-8-19-15-18-11-13-20(28)16-23(18)29-25(17)19/h4-5,9-16H,6-8H2,1-3H3/b17-12-,24-14-. The molecule has 29 heavy (non-hydrogen) atoms. The van der Waals surface area contributed by atoms with Crippen LogP contribution in [0.15, 0.2) is 75.6 Å². The zero-order chi connectivity index (χ0) is 20.2. The SMILES string of the molecule is CN1/C(=C\C=C2\CCCc3cc4ccc(=O)cc-4oc32)C(C)(C)c2ccccc21. The third-order valence-electron chi connectivity index (χ3n) is 6.39. The maximum absolute atomic E-state index is 11.8. The molecule has 0 spiro atoms. The van der Waals surface area contributed by atoms with Crippen molar-refractivity contribution in [3.05, 3.63) is 93.5 Å². The monoisotopic (exact) mass is 383 g/mol. The number of fused-ring (bicyclic) bond motifs is 3. The van der Waals surface area contributed by atoms with Crippen molar-refractivity contribution in [2.24, 2.45) is 0 Å². The first-order valence-corrected chi connectivity index (χ1v) is 10.3. The highest BCUT2D eigenvalue weighted by Crippen LogP contribution is 2.47. The van der Waals surface area contributed by atoms with Crippen molar-refractivity contribution < 1.29 is 4.42 Å². The van der Waals surface area contributed by atoms with Crippen molar-refractivity contribution in [2.75, 3.05) is 11.9 Å². The van der Waals surface area contributed by atoms with E-state index in [1.54, 1.807) is 12.1 Å². The number of benzene rings is 2. The number of anilines is 1. The number of hydrogen-bond donors (Lipinski definition) is 0. The molecule has 0 atom stereocenters. The summed E-state index contributed by atoms with van der Waals surface area (Å²) in [5, 5.41) is 0. The van der Waals surface area contributed by atoms with E-state index in [1.165, 1.54) is 28.1 Å². The second kappa shape index (κ2) is 6.48. The van der Waals surface area contributed by atoms with Gasteiger partial charge in [0.2, 0.25) is 0 Å². The minimum absolute atomic E-state index is 0.0169. The van der Waals surface area contributed by atoms with Gasteiger partial charge in [-0.25, -0.2) is 0 Å². The summed E-state index contributed by atoms with van der Waals surface area (Å²) >= 11 is 0. The molecule has 0 aromatic heterocycles. The van der Waals surface area contributed by atoms with Gasteiger partial charge in [-0.2, -0.15) is 0 Å². The molecule has 0 saturated carbocycles. The predicted octanol–water partition coefficient (Wildman–Crippen LogP) is 5.78. The summed E-state index contributed by atoms with van der Waals surface area (Å²) in [7, 11) is 2.14. The van der Waals surface area contributed by atoms with Crippen molar-refractivity contribution in [2.45, 2.75) is 38.5 Å². The number of likely N-dealkylation sites (N-methyl/N-ethyl adjacent to an activating group) is 1. The van der Waals surface area contributed by atoms with E-state index < -0.39 is 0 Å². The lowest BCUT2D eigenvalue weighted by Crippen LogP contribution is -2.22. The molecule has 1 aromatic carbocycles. The number of para-hydroxylation sites is 1. The van der Waals surface area contributed by atoms with Crippen molar-refractivity contribution in [3.8, 4) is 11.3 Å². The van der Waals surface area contributed by atoms with Crippen LogP contribution in [0.5, 0.6) is 0 Å². The van der Waals surface area contributed by atoms with E-state index in [9.17, 15) is 4.79 Å². The largest absolute Gasteiger partial charge is 0.456 e. The topological polar surface area (TPSA) is 33.5 Å². The van der Waals surface area contributed by atoms with Crippen LogP contribution in [0.3, 0.4) is 0 Å². The molecule has 0 amide bonds. The van der Waals surface area contributed by atoms with Gasteiger partial charge in [0.1, 0.15) is 11.5 Å². The molecule has 3 nitrogen and oxygen atoms in total. The zero-order valence-corrected chi connectivity index (χ0v) is 17.2. The van der Waals surface area contributed by atoms with Gasteiger partial charge in [-0.1, -0.05) is 38.1 Å². The Labute approximate surface area is 171 Å². The summed E-state index contributed by atoms with van der Waals surface area (Å²) in [5.41, 5.74) is 7.27. The quantitative estimate of drug-likeness (QED) is 0.534. The number of nitrogens with zero attached hydrogens (tertiary/aromatic N) is 1. The van der Waals surface area contributed by atoms with E-state index in [-0.39, 0.29) is 10.8 Å². The van der Waals surface area contributed by atoms with Crippen molar-refractivity contribution >= 4 is 11.3 Å². The third-order valence-corrected chi connectivity index (χ3v) is 6.39. The highest BCUT2D eigenvalue weighted by Gasteiger charge is 2.37. The molecule has 0 N–H and O–H groups in total. The molecule has 0 unspecified atom stereocenters. The number of allylic oxidation sites excluding steroid dienone is 4. The minimum Gasteiger partial charge on any atom is -0.456 e. The summed E-state index contributed by atoms with van der Waals surface area (Å²) in [6, 6.07) is 15.8. The van der Waals surface area contributed by atoms with Gasteiger partial charge in [0, 0.05) is 35.5 Å². The maximum Gasteiger partial charge on any atom is 0.182 e. The van der Waals surface area contributed by atoms with E-state index >= 15 is 0 Å². The average Bonchev–Trinajstić information content (AvgIpc) is 2.91. The second-order valence-electron chi connectivity index (χ2n) is 8.60. The summed E-state index contributed by atoms with van der Waals surface area (Å²) in [6.07, 6.45) is 7.57. The Morgan fingerprint density at radius 1 is 1.03 bits per heavy atom. The fourth-order valence-electron chi connectivity index (χ4n) is 4.83. The maximum atomic E-state index is 11.8. The summed E-state index contributed by atoms with van der Waals surface area (Å²) in [6.45, 7) is 4.56. The van der Waals surface area contributed by atoms with Crippen LogP contribution in [0, 0.1) is 0 Å². The molecular weight excluding hydrogens is 358 g/mol. The first-order chi connectivity index (χ1) is 13.9. The van der Waals surface area contributed by atoms with Gasteiger partial charge in [0.25, 0.3) is 0 Å². The molecule has 5 rings (SSSR count). The number of hydrogen-bond acceptors (Lipinski definition) is 3. The van der Waals surface area contributed by atoms with Crippen LogP contribution >= 0.6 is 0 Å². The van der Waals surface area contributed by atoms with Gasteiger partial charge in [-0.05, 0) is 66.3 Å². The molecule has 1 aromatic rings. The Kier molecular flexibility index (Phi) is 4.02. The average molecular weight is 383 g/mol. The second-order valence-corrected chi connectivity index (χ2v) is 8.60. The first kappa shape index (κ1) is 18.0. The summed E-state index contributed by atoms with van der Waals surface area (Å²) < 4.78 is 6.22. The molecule has 4 aliphatic rings. The molecule has 2 aliphatic carbocycles. The van der Waals surface area contributed by atoms with Crippen LogP contribution in [0.1, 0.15) is 43.6 Å². The molecule has 0 saturated heterocycles. The first-order valence-electron chi connectivity index (χ1n) is 10.3. The molecule has 3 heteroatoms. The molecular formula is C26H25NO2. The Balaban J connectivity index is 1.60. The zero-order valence-electron chi connectivity index (χ0n) is 17.2. The van der Waals surface area contributed by atoms with E-state index in [2.05, 4.69) is 68.3 Å². The van der Waals surface area contributed by atoms with Gasteiger partial charge in [0.05, 0.1) is 0 Å². The van der Waals surface area contributed by atoms with Crippen LogP contribution in [0.25, 0.3) is 16.9 Å².